The minimum absolute atomic E-state index is 0.0478. The van der Waals surface area contributed by atoms with E-state index in [4.69, 9.17) is 0 Å². The van der Waals surface area contributed by atoms with Gasteiger partial charge in [-0.25, -0.2) is 0 Å². The zero-order valence-corrected chi connectivity index (χ0v) is 15.6. The van der Waals surface area contributed by atoms with Crippen molar-refractivity contribution in [1.82, 2.24) is 9.80 Å². The standard InChI is InChI=1S/C19H30N2O2S/c1-20(13-14-21-11-5-6-12-21)18(22)19(23,17-10-7-15-24-17)16-8-3-2-4-9-16/h7,10,15-16,23H,2-6,8-9,11-14H2,1H3. The van der Waals surface area contributed by atoms with Gasteiger partial charge in [0.15, 0.2) is 5.60 Å². The third-order valence-corrected chi connectivity index (χ3v) is 6.71. The molecular formula is C19H30N2O2S. The van der Waals surface area contributed by atoms with Crippen LogP contribution in [0.15, 0.2) is 17.5 Å². The quantitative estimate of drug-likeness (QED) is 0.857. The van der Waals surface area contributed by atoms with Crippen molar-refractivity contribution in [1.29, 1.82) is 0 Å². The van der Waals surface area contributed by atoms with Gasteiger partial charge in [-0.15, -0.1) is 11.3 Å². The molecule has 1 amide bonds. The first kappa shape index (κ1) is 17.9. The van der Waals surface area contributed by atoms with Gasteiger partial charge in [0.2, 0.25) is 0 Å². The molecule has 0 bridgehead atoms. The van der Waals surface area contributed by atoms with Gasteiger partial charge < -0.3 is 14.9 Å². The van der Waals surface area contributed by atoms with Crippen LogP contribution in [0.5, 0.6) is 0 Å². The third-order valence-electron chi connectivity index (χ3n) is 5.72. The Kier molecular flexibility index (Phi) is 5.95. The van der Waals surface area contributed by atoms with Crippen molar-refractivity contribution in [2.45, 2.75) is 50.5 Å². The molecule has 2 fully saturated rings. The van der Waals surface area contributed by atoms with E-state index in [1.54, 1.807) is 4.90 Å². The maximum atomic E-state index is 13.2. The van der Waals surface area contributed by atoms with E-state index in [9.17, 15) is 9.90 Å². The summed E-state index contributed by atoms with van der Waals surface area (Å²) in [5, 5.41) is 13.5. The van der Waals surface area contributed by atoms with Crippen LogP contribution >= 0.6 is 11.3 Å². The highest BCUT2D eigenvalue weighted by atomic mass is 32.1. The zero-order chi connectivity index (χ0) is 17.0. The van der Waals surface area contributed by atoms with Crippen LogP contribution in [0.2, 0.25) is 0 Å². The Bertz CT molecular complexity index is 521. The predicted octanol–water partition coefficient (Wildman–Crippen LogP) is 3.07. The fraction of sp³-hybridized carbons (Fsp3) is 0.737. The number of aliphatic hydroxyl groups is 1. The molecular weight excluding hydrogens is 320 g/mol. The molecule has 24 heavy (non-hydrogen) atoms. The van der Waals surface area contributed by atoms with Crippen LogP contribution in [0.1, 0.15) is 49.8 Å². The zero-order valence-electron chi connectivity index (χ0n) is 14.7. The van der Waals surface area contributed by atoms with Crippen LogP contribution in [-0.4, -0.2) is 54.0 Å². The Balaban J connectivity index is 1.72. The van der Waals surface area contributed by atoms with E-state index in [1.807, 2.05) is 24.6 Å². The summed E-state index contributed by atoms with van der Waals surface area (Å²) in [5.74, 6) is -0.0670. The highest BCUT2D eigenvalue weighted by Gasteiger charge is 2.47. The summed E-state index contributed by atoms with van der Waals surface area (Å²) in [6, 6.07) is 3.86. The minimum atomic E-state index is -1.34. The number of carbonyl (C=O) groups is 1. The Hall–Kier alpha value is -0.910. The molecule has 1 saturated carbocycles. The molecule has 1 saturated heterocycles. The Morgan fingerprint density at radius 1 is 1.29 bits per heavy atom. The summed E-state index contributed by atoms with van der Waals surface area (Å²) < 4.78 is 0. The van der Waals surface area contributed by atoms with E-state index in [1.165, 1.54) is 30.6 Å². The van der Waals surface area contributed by atoms with E-state index in [0.717, 1.165) is 50.2 Å². The Labute approximate surface area is 149 Å². The van der Waals surface area contributed by atoms with Crippen LogP contribution in [0.4, 0.5) is 0 Å². The fourth-order valence-electron chi connectivity index (χ4n) is 4.19. The second-order valence-electron chi connectivity index (χ2n) is 7.35. The number of thiophene rings is 1. The molecule has 4 nitrogen and oxygen atoms in total. The monoisotopic (exact) mass is 350 g/mol. The summed E-state index contributed by atoms with van der Waals surface area (Å²) in [4.78, 5) is 18.2. The largest absolute Gasteiger partial charge is 0.374 e. The van der Waals surface area contributed by atoms with Gasteiger partial charge in [0.25, 0.3) is 5.91 Å². The highest BCUT2D eigenvalue weighted by molar-refractivity contribution is 7.10. The van der Waals surface area contributed by atoms with Crippen LogP contribution in [0.3, 0.4) is 0 Å². The molecule has 0 spiro atoms. The van der Waals surface area contributed by atoms with Crippen molar-refractivity contribution < 1.29 is 9.90 Å². The molecule has 0 radical (unpaired) electrons. The van der Waals surface area contributed by atoms with Gasteiger partial charge >= 0.3 is 0 Å². The number of amides is 1. The lowest BCUT2D eigenvalue weighted by atomic mass is 9.75. The molecule has 2 aliphatic rings. The number of likely N-dealkylation sites (N-methyl/N-ethyl adjacent to an activating group) is 1. The molecule has 2 heterocycles. The summed E-state index contributed by atoms with van der Waals surface area (Å²) in [7, 11) is 1.85. The van der Waals surface area contributed by atoms with Gasteiger partial charge in [0.1, 0.15) is 0 Å². The number of hydrogen-bond acceptors (Lipinski definition) is 4. The smallest absolute Gasteiger partial charge is 0.260 e. The molecule has 3 rings (SSSR count). The molecule has 1 aromatic rings. The SMILES string of the molecule is CN(CCN1CCCC1)C(=O)C(O)(c1cccs1)C1CCCCC1. The lowest BCUT2D eigenvalue weighted by molar-refractivity contribution is -0.159. The van der Waals surface area contributed by atoms with Gasteiger partial charge in [-0.1, -0.05) is 25.3 Å². The van der Waals surface area contributed by atoms with Crippen LogP contribution in [-0.2, 0) is 10.4 Å². The molecule has 1 atom stereocenters. The van der Waals surface area contributed by atoms with E-state index in [2.05, 4.69) is 4.90 Å². The van der Waals surface area contributed by atoms with Crippen molar-refractivity contribution in [3.8, 4) is 0 Å². The van der Waals surface area contributed by atoms with Crippen molar-refractivity contribution >= 4 is 17.2 Å². The molecule has 1 N–H and O–H groups in total. The first-order chi connectivity index (χ1) is 11.6. The van der Waals surface area contributed by atoms with Gasteiger partial charge in [-0.05, 0) is 50.2 Å². The topological polar surface area (TPSA) is 43.8 Å². The number of rotatable bonds is 6. The number of nitrogens with zero attached hydrogens (tertiary/aromatic N) is 2. The fourth-order valence-corrected chi connectivity index (χ4v) is 5.08. The molecule has 5 heteroatoms. The average molecular weight is 351 g/mol. The first-order valence-corrected chi connectivity index (χ1v) is 10.2. The van der Waals surface area contributed by atoms with Crippen LogP contribution < -0.4 is 0 Å². The Morgan fingerprint density at radius 2 is 2.00 bits per heavy atom. The van der Waals surface area contributed by atoms with Gasteiger partial charge in [0.05, 0.1) is 0 Å². The van der Waals surface area contributed by atoms with E-state index < -0.39 is 5.60 Å². The van der Waals surface area contributed by atoms with Crippen molar-refractivity contribution in [2.24, 2.45) is 5.92 Å². The van der Waals surface area contributed by atoms with E-state index in [-0.39, 0.29) is 11.8 Å². The molecule has 1 aliphatic carbocycles. The van der Waals surface area contributed by atoms with Gasteiger partial charge in [-0.3, -0.25) is 4.79 Å². The normalized spacial score (nSPS) is 22.4. The summed E-state index contributed by atoms with van der Waals surface area (Å²) >= 11 is 1.50. The predicted molar refractivity (Wildman–Crippen MR) is 98.1 cm³/mol. The van der Waals surface area contributed by atoms with Crippen molar-refractivity contribution in [3.05, 3.63) is 22.4 Å². The molecule has 1 aliphatic heterocycles. The first-order valence-electron chi connectivity index (χ1n) is 9.36. The number of carbonyl (C=O) groups excluding carboxylic acids is 1. The lowest BCUT2D eigenvalue weighted by Crippen LogP contribution is -2.51. The maximum Gasteiger partial charge on any atom is 0.260 e. The lowest BCUT2D eigenvalue weighted by Gasteiger charge is -2.39. The summed E-state index contributed by atoms with van der Waals surface area (Å²) in [5.41, 5.74) is -1.34. The summed E-state index contributed by atoms with van der Waals surface area (Å²) in [6.45, 7) is 3.88. The Morgan fingerprint density at radius 3 is 2.62 bits per heavy atom. The molecule has 0 aromatic carbocycles. The van der Waals surface area contributed by atoms with Crippen molar-refractivity contribution in [2.75, 3.05) is 33.2 Å². The number of hydrogen-bond donors (Lipinski definition) is 1. The maximum absolute atomic E-state index is 13.2. The van der Waals surface area contributed by atoms with Gasteiger partial charge in [-0.2, -0.15) is 0 Å². The minimum Gasteiger partial charge on any atom is -0.374 e. The van der Waals surface area contributed by atoms with Crippen molar-refractivity contribution in [3.63, 3.8) is 0 Å². The van der Waals surface area contributed by atoms with Gasteiger partial charge in [0, 0.05) is 30.9 Å². The summed E-state index contributed by atoms with van der Waals surface area (Å²) in [6.07, 6.45) is 7.86. The third kappa shape index (κ3) is 3.68. The molecule has 1 unspecified atom stereocenters. The second kappa shape index (κ2) is 7.98. The highest BCUT2D eigenvalue weighted by Crippen LogP contribution is 2.42. The molecule has 134 valence electrons. The van der Waals surface area contributed by atoms with E-state index >= 15 is 0 Å². The molecule has 1 aromatic heterocycles. The van der Waals surface area contributed by atoms with Crippen LogP contribution in [0, 0.1) is 5.92 Å². The second-order valence-corrected chi connectivity index (χ2v) is 8.30. The van der Waals surface area contributed by atoms with Crippen LogP contribution in [0.25, 0.3) is 0 Å². The van der Waals surface area contributed by atoms with E-state index in [0.29, 0.717) is 6.54 Å². The number of likely N-dealkylation sites (tertiary alicyclic amines) is 1. The average Bonchev–Trinajstić information content (AvgIpc) is 3.32.